The second-order valence-corrected chi connectivity index (χ2v) is 8.44. The van der Waals surface area contributed by atoms with E-state index < -0.39 is 17.4 Å². The Bertz CT molecular complexity index is 1030. The van der Waals surface area contributed by atoms with Gasteiger partial charge in [-0.15, -0.1) is 0 Å². The molecule has 8 heteroatoms. The van der Waals surface area contributed by atoms with Gasteiger partial charge in [-0.25, -0.2) is 9.18 Å². The molecule has 7 nitrogen and oxygen atoms in total. The average Bonchev–Trinajstić information content (AvgIpc) is 3.64. The van der Waals surface area contributed by atoms with Gasteiger partial charge in [-0.05, 0) is 49.1 Å². The molecule has 0 aromatic heterocycles. The van der Waals surface area contributed by atoms with Crippen molar-refractivity contribution in [3.05, 3.63) is 41.2 Å². The highest BCUT2D eigenvalue weighted by Crippen LogP contribution is 2.41. The van der Waals surface area contributed by atoms with Gasteiger partial charge in [0.25, 0.3) is 0 Å². The third-order valence-electron chi connectivity index (χ3n) is 6.21. The Morgan fingerprint density at radius 1 is 1.15 bits per heavy atom. The summed E-state index contributed by atoms with van der Waals surface area (Å²) < 4.78 is 43.4. The molecule has 2 aromatic carbocycles. The summed E-state index contributed by atoms with van der Waals surface area (Å²) in [7, 11) is 2.94. The molecule has 1 heterocycles. The van der Waals surface area contributed by atoms with Crippen LogP contribution in [0.15, 0.2) is 24.3 Å². The molecule has 1 aliphatic heterocycles. The maximum absolute atomic E-state index is 15.4. The average molecular weight is 460 g/mol. The van der Waals surface area contributed by atoms with Gasteiger partial charge in [-0.2, -0.15) is 0 Å². The Morgan fingerprint density at radius 3 is 2.48 bits per heavy atom. The zero-order valence-electron chi connectivity index (χ0n) is 19.1. The fourth-order valence-corrected chi connectivity index (χ4v) is 4.10. The number of methoxy groups -OCH3 is 2. The maximum atomic E-state index is 15.4. The lowest BCUT2D eigenvalue weighted by molar-refractivity contribution is -0.163. The summed E-state index contributed by atoms with van der Waals surface area (Å²) >= 11 is 0. The molecular weight excluding hydrogens is 431 g/mol. The Balaban J connectivity index is 1.75. The van der Waals surface area contributed by atoms with Crippen molar-refractivity contribution in [3.63, 3.8) is 0 Å². The Morgan fingerprint density at radius 2 is 1.88 bits per heavy atom. The van der Waals surface area contributed by atoms with E-state index in [0.717, 1.165) is 12.8 Å². The molecule has 1 aliphatic carbocycles. The molecular formula is C25H29FO7. The number of carboxylic acids is 1. The second-order valence-electron chi connectivity index (χ2n) is 8.44. The van der Waals surface area contributed by atoms with Crippen LogP contribution in [0, 0.1) is 12.7 Å². The monoisotopic (exact) mass is 460 g/mol. The zero-order chi connectivity index (χ0) is 23.6. The number of carbonyl (C=O) groups is 1. The molecule has 1 saturated carbocycles. The number of rotatable bonds is 9. The van der Waals surface area contributed by atoms with Crippen LogP contribution >= 0.6 is 0 Å². The lowest BCUT2D eigenvalue weighted by atomic mass is 9.93. The minimum atomic E-state index is -1.35. The van der Waals surface area contributed by atoms with Gasteiger partial charge < -0.3 is 28.8 Å². The minimum absolute atomic E-state index is 0.116. The van der Waals surface area contributed by atoms with E-state index in [-0.39, 0.29) is 31.3 Å². The predicted molar refractivity (Wildman–Crippen MR) is 119 cm³/mol. The number of hydrogen-bond acceptors (Lipinski definition) is 6. The van der Waals surface area contributed by atoms with Gasteiger partial charge in [0.1, 0.15) is 11.5 Å². The topological polar surface area (TPSA) is 83.5 Å². The van der Waals surface area contributed by atoms with E-state index in [1.54, 1.807) is 31.2 Å². The summed E-state index contributed by atoms with van der Waals surface area (Å²) in [5.74, 6) is -0.507. The van der Waals surface area contributed by atoms with Crippen LogP contribution in [0.1, 0.15) is 36.8 Å². The van der Waals surface area contributed by atoms with Crippen LogP contribution in [-0.4, -0.2) is 50.2 Å². The molecule has 0 spiro atoms. The van der Waals surface area contributed by atoms with Gasteiger partial charge in [-0.1, -0.05) is 6.07 Å². The van der Waals surface area contributed by atoms with Crippen LogP contribution in [-0.2, 0) is 20.9 Å². The molecule has 2 fully saturated rings. The molecule has 2 aliphatic rings. The number of hydrogen-bond donors (Lipinski definition) is 1. The normalized spacial score (nSPS) is 17.5. The molecule has 33 heavy (non-hydrogen) atoms. The third-order valence-corrected chi connectivity index (χ3v) is 6.21. The third kappa shape index (κ3) is 4.77. The van der Waals surface area contributed by atoms with Crippen molar-refractivity contribution in [3.8, 4) is 28.4 Å². The fraction of sp³-hybridized carbons (Fsp3) is 0.480. The van der Waals surface area contributed by atoms with Crippen LogP contribution in [0.3, 0.4) is 0 Å². The fourth-order valence-electron chi connectivity index (χ4n) is 4.10. The van der Waals surface area contributed by atoms with Crippen LogP contribution in [0.5, 0.6) is 17.2 Å². The largest absolute Gasteiger partial charge is 0.496 e. The van der Waals surface area contributed by atoms with E-state index in [0.29, 0.717) is 47.0 Å². The van der Waals surface area contributed by atoms with Crippen LogP contribution in [0.2, 0.25) is 0 Å². The molecule has 1 N–H and O–H groups in total. The molecule has 0 amide bonds. The first-order valence-electron chi connectivity index (χ1n) is 11.0. The summed E-state index contributed by atoms with van der Waals surface area (Å²) in [5.41, 5.74) is 0.831. The SMILES string of the molecule is COc1cc(-c2ccc(OC3(C(=O)O)CCOCC3)cc2COC2CC2)c(F)c(OC)c1C. The predicted octanol–water partition coefficient (Wildman–Crippen LogP) is 4.51. The summed E-state index contributed by atoms with van der Waals surface area (Å²) in [6.45, 7) is 2.61. The van der Waals surface area contributed by atoms with Gasteiger partial charge in [0.2, 0.25) is 5.60 Å². The molecule has 0 atom stereocenters. The van der Waals surface area contributed by atoms with Crippen molar-refractivity contribution in [2.24, 2.45) is 0 Å². The van der Waals surface area contributed by atoms with Crippen molar-refractivity contribution in [2.45, 2.75) is 50.9 Å². The molecule has 0 bridgehead atoms. The van der Waals surface area contributed by atoms with Gasteiger partial charge in [-0.3, -0.25) is 0 Å². The molecule has 0 radical (unpaired) electrons. The minimum Gasteiger partial charge on any atom is -0.496 e. The van der Waals surface area contributed by atoms with Crippen molar-refractivity contribution in [1.29, 1.82) is 0 Å². The molecule has 1 saturated heterocycles. The number of ether oxygens (including phenoxy) is 5. The first-order chi connectivity index (χ1) is 15.9. The molecule has 178 valence electrons. The van der Waals surface area contributed by atoms with Crippen LogP contribution in [0.25, 0.3) is 11.1 Å². The van der Waals surface area contributed by atoms with Gasteiger partial charge in [0, 0.05) is 24.0 Å². The quantitative estimate of drug-likeness (QED) is 0.589. The molecule has 2 aromatic rings. The van der Waals surface area contributed by atoms with Crippen LogP contribution < -0.4 is 14.2 Å². The summed E-state index contributed by atoms with van der Waals surface area (Å²) in [5, 5.41) is 9.83. The van der Waals surface area contributed by atoms with Gasteiger partial charge >= 0.3 is 5.97 Å². The summed E-state index contributed by atoms with van der Waals surface area (Å²) in [4.78, 5) is 12.0. The van der Waals surface area contributed by atoms with E-state index in [9.17, 15) is 9.90 Å². The standard InChI is InChI=1S/C25H29FO7/c1-15-21(29-2)13-20(22(26)23(15)30-3)19-7-6-18(12-16(19)14-32-17-4-5-17)33-25(24(27)28)8-10-31-11-9-25/h6-7,12-13,17H,4-5,8-11,14H2,1-3H3,(H,27,28). The van der Waals surface area contributed by atoms with E-state index in [4.69, 9.17) is 23.7 Å². The van der Waals surface area contributed by atoms with Crippen molar-refractivity contribution < 1.29 is 38.0 Å². The highest BCUT2D eigenvalue weighted by Gasteiger charge is 2.43. The van der Waals surface area contributed by atoms with Gasteiger partial charge in [0.05, 0.1) is 40.1 Å². The number of benzene rings is 2. The smallest absolute Gasteiger partial charge is 0.348 e. The Labute approximate surface area is 192 Å². The Hall–Kier alpha value is -2.84. The number of carboxylic acid groups (broad SMARTS) is 1. The highest BCUT2D eigenvalue weighted by molar-refractivity contribution is 5.78. The lowest BCUT2D eigenvalue weighted by Gasteiger charge is -2.33. The number of aliphatic carboxylic acids is 1. The van der Waals surface area contributed by atoms with Crippen LogP contribution in [0.4, 0.5) is 4.39 Å². The first-order valence-corrected chi connectivity index (χ1v) is 11.0. The van der Waals surface area contributed by atoms with Gasteiger partial charge in [0.15, 0.2) is 11.6 Å². The summed E-state index contributed by atoms with van der Waals surface area (Å²) in [6.07, 6.45) is 2.68. The van der Waals surface area contributed by atoms with E-state index in [2.05, 4.69) is 0 Å². The maximum Gasteiger partial charge on any atom is 0.348 e. The summed E-state index contributed by atoms with van der Waals surface area (Å²) in [6, 6.07) is 6.76. The Kier molecular flexibility index (Phi) is 6.76. The number of halogens is 1. The zero-order valence-corrected chi connectivity index (χ0v) is 19.1. The van der Waals surface area contributed by atoms with E-state index in [1.807, 2.05) is 0 Å². The van der Waals surface area contributed by atoms with Crippen molar-refractivity contribution in [1.82, 2.24) is 0 Å². The first kappa shape index (κ1) is 23.3. The van der Waals surface area contributed by atoms with Crippen molar-refractivity contribution >= 4 is 5.97 Å². The van der Waals surface area contributed by atoms with E-state index >= 15 is 4.39 Å². The lowest BCUT2D eigenvalue weighted by Crippen LogP contribution is -2.49. The van der Waals surface area contributed by atoms with Crippen molar-refractivity contribution in [2.75, 3.05) is 27.4 Å². The second kappa shape index (κ2) is 9.57. The molecule has 4 rings (SSSR count). The highest BCUT2D eigenvalue weighted by atomic mass is 19.1. The molecule has 0 unspecified atom stereocenters. The van der Waals surface area contributed by atoms with E-state index in [1.165, 1.54) is 14.2 Å².